The molecule has 0 bridgehead atoms. The van der Waals surface area contributed by atoms with Crippen LogP contribution in [-0.4, -0.2) is 77.8 Å². The van der Waals surface area contributed by atoms with Gasteiger partial charge in [0.1, 0.15) is 0 Å². The lowest BCUT2D eigenvalue weighted by Crippen LogP contribution is -2.33. The van der Waals surface area contributed by atoms with E-state index in [-0.39, 0.29) is 11.8 Å². The van der Waals surface area contributed by atoms with Crippen LogP contribution in [0.25, 0.3) is 0 Å². The van der Waals surface area contributed by atoms with Crippen molar-refractivity contribution >= 4 is 5.91 Å². The Morgan fingerprint density at radius 2 is 1.29 bits per heavy atom. The van der Waals surface area contributed by atoms with Crippen molar-refractivity contribution in [1.29, 1.82) is 0 Å². The van der Waals surface area contributed by atoms with E-state index >= 15 is 0 Å². The van der Waals surface area contributed by atoms with Gasteiger partial charge in [-0.2, -0.15) is 0 Å². The zero-order chi connectivity index (χ0) is 18.0. The molecule has 0 aliphatic heterocycles. The molecule has 24 heavy (non-hydrogen) atoms. The van der Waals surface area contributed by atoms with Gasteiger partial charge < -0.3 is 30.2 Å². The lowest BCUT2D eigenvalue weighted by Gasteiger charge is -2.10. The van der Waals surface area contributed by atoms with Crippen LogP contribution in [-0.2, 0) is 19.0 Å². The van der Waals surface area contributed by atoms with Crippen molar-refractivity contribution in [1.82, 2.24) is 16.0 Å². The van der Waals surface area contributed by atoms with Crippen molar-refractivity contribution in [3.63, 3.8) is 0 Å². The molecule has 0 spiro atoms. The van der Waals surface area contributed by atoms with Crippen LogP contribution in [0.4, 0.5) is 0 Å². The van der Waals surface area contributed by atoms with E-state index in [4.69, 9.17) is 14.2 Å². The molecule has 0 atom stereocenters. The number of hydrogen-bond donors (Lipinski definition) is 3. The number of rotatable bonds is 17. The largest absolute Gasteiger partial charge is 0.378 e. The number of amides is 1. The van der Waals surface area contributed by atoms with Crippen LogP contribution in [0.2, 0.25) is 0 Å². The van der Waals surface area contributed by atoms with Gasteiger partial charge in [-0.1, -0.05) is 27.7 Å². The van der Waals surface area contributed by atoms with E-state index in [0.717, 1.165) is 19.6 Å². The minimum atomic E-state index is 0.0141. The van der Waals surface area contributed by atoms with E-state index in [9.17, 15) is 4.79 Å². The highest BCUT2D eigenvalue weighted by atomic mass is 16.5. The molecule has 1 amide bonds. The molecule has 0 aliphatic rings. The minimum absolute atomic E-state index is 0.0141. The van der Waals surface area contributed by atoms with Gasteiger partial charge in [0.25, 0.3) is 0 Å². The minimum Gasteiger partial charge on any atom is -0.378 e. The van der Waals surface area contributed by atoms with E-state index in [2.05, 4.69) is 29.8 Å². The molecule has 0 aromatic rings. The van der Waals surface area contributed by atoms with Crippen molar-refractivity contribution in [3.05, 3.63) is 0 Å². The molecule has 144 valence electrons. The van der Waals surface area contributed by atoms with Crippen LogP contribution in [0.15, 0.2) is 0 Å². The van der Waals surface area contributed by atoms with Gasteiger partial charge in [-0.3, -0.25) is 4.79 Å². The Kier molecular flexibility index (Phi) is 16.6. The van der Waals surface area contributed by atoms with Gasteiger partial charge in [0.2, 0.25) is 5.91 Å². The first-order chi connectivity index (χ1) is 11.5. The molecule has 0 rings (SSSR count). The topological polar surface area (TPSA) is 80.8 Å². The average Bonchev–Trinajstić information content (AvgIpc) is 2.53. The molecule has 0 fully saturated rings. The molecule has 7 nitrogen and oxygen atoms in total. The van der Waals surface area contributed by atoms with Crippen molar-refractivity contribution in [2.45, 2.75) is 33.7 Å². The first kappa shape index (κ1) is 23.3. The Morgan fingerprint density at radius 1 is 0.750 bits per heavy atom. The Bertz CT molecular complexity index is 289. The Labute approximate surface area is 147 Å². The summed E-state index contributed by atoms with van der Waals surface area (Å²) >= 11 is 0. The molecule has 7 heteroatoms. The standard InChI is InChI=1S/C17H37N3O4/c1-15(2)17(21)20-8-10-23-12-14-24-13-11-22-9-7-18-5-6-19-16(3)4/h15-16,18-19H,5-14H2,1-4H3,(H,20,21). The first-order valence-corrected chi connectivity index (χ1v) is 8.99. The highest BCUT2D eigenvalue weighted by Gasteiger charge is 2.04. The average molecular weight is 348 g/mol. The van der Waals surface area contributed by atoms with E-state index < -0.39 is 0 Å². The van der Waals surface area contributed by atoms with Gasteiger partial charge in [-0.15, -0.1) is 0 Å². The van der Waals surface area contributed by atoms with Crippen LogP contribution in [0.5, 0.6) is 0 Å². The number of carbonyl (C=O) groups excluding carboxylic acids is 1. The third kappa shape index (κ3) is 17.6. The third-order valence-corrected chi connectivity index (χ3v) is 3.09. The Morgan fingerprint density at radius 3 is 1.83 bits per heavy atom. The smallest absolute Gasteiger partial charge is 0.222 e. The van der Waals surface area contributed by atoms with Crippen LogP contribution >= 0.6 is 0 Å². The number of hydrogen-bond acceptors (Lipinski definition) is 6. The maximum absolute atomic E-state index is 11.3. The van der Waals surface area contributed by atoms with E-state index in [1.165, 1.54) is 0 Å². The van der Waals surface area contributed by atoms with Gasteiger partial charge in [0.05, 0.1) is 39.6 Å². The van der Waals surface area contributed by atoms with Crippen LogP contribution < -0.4 is 16.0 Å². The fraction of sp³-hybridized carbons (Fsp3) is 0.941. The first-order valence-electron chi connectivity index (χ1n) is 8.99. The molecular weight excluding hydrogens is 310 g/mol. The summed E-state index contributed by atoms with van der Waals surface area (Å²) in [6.07, 6.45) is 0. The maximum atomic E-state index is 11.3. The lowest BCUT2D eigenvalue weighted by molar-refractivity contribution is -0.124. The quantitative estimate of drug-likeness (QED) is 0.331. The highest BCUT2D eigenvalue weighted by molar-refractivity contribution is 5.77. The molecule has 0 radical (unpaired) electrons. The van der Waals surface area contributed by atoms with E-state index in [1.807, 2.05) is 13.8 Å². The Hall–Kier alpha value is -0.730. The number of carbonyl (C=O) groups is 1. The van der Waals surface area contributed by atoms with Gasteiger partial charge in [0.15, 0.2) is 0 Å². The lowest BCUT2D eigenvalue weighted by atomic mass is 10.2. The van der Waals surface area contributed by atoms with Crippen molar-refractivity contribution in [2.24, 2.45) is 5.92 Å². The summed E-state index contributed by atoms with van der Waals surface area (Å²) in [7, 11) is 0. The summed E-state index contributed by atoms with van der Waals surface area (Å²) in [5.41, 5.74) is 0. The van der Waals surface area contributed by atoms with Crippen LogP contribution in [0.1, 0.15) is 27.7 Å². The summed E-state index contributed by atoms with van der Waals surface area (Å²) in [5.74, 6) is 0.0675. The normalized spacial score (nSPS) is 11.4. The zero-order valence-electron chi connectivity index (χ0n) is 15.9. The highest BCUT2D eigenvalue weighted by Crippen LogP contribution is 1.89. The predicted octanol–water partition coefficient (Wildman–Crippen LogP) is 0.396. The molecule has 0 saturated heterocycles. The second-order valence-electron chi connectivity index (χ2n) is 6.14. The Balaban J connectivity index is 3.06. The van der Waals surface area contributed by atoms with Gasteiger partial charge in [-0.05, 0) is 0 Å². The summed E-state index contributed by atoms with van der Waals surface area (Å²) in [5, 5.41) is 9.45. The fourth-order valence-electron chi connectivity index (χ4n) is 1.71. The molecule has 0 aromatic carbocycles. The maximum Gasteiger partial charge on any atom is 0.222 e. The molecule has 0 aliphatic carbocycles. The van der Waals surface area contributed by atoms with Gasteiger partial charge in [0, 0.05) is 38.1 Å². The summed E-state index contributed by atoms with van der Waals surface area (Å²) in [4.78, 5) is 11.3. The van der Waals surface area contributed by atoms with Crippen LogP contribution in [0.3, 0.4) is 0 Å². The molecule has 0 unspecified atom stereocenters. The summed E-state index contributed by atoms with van der Waals surface area (Å²) < 4.78 is 16.2. The monoisotopic (exact) mass is 347 g/mol. The predicted molar refractivity (Wildman–Crippen MR) is 96.3 cm³/mol. The van der Waals surface area contributed by atoms with E-state index in [1.54, 1.807) is 0 Å². The zero-order valence-corrected chi connectivity index (χ0v) is 15.9. The second kappa shape index (κ2) is 17.1. The molecule has 3 N–H and O–H groups in total. The fourth-order valence-corrected chi connectivity index (χ4v) is 1.71. The van der Waals surface area contributed by atoms with Gasteiger partial charge >= 0.3 is 0 Å². The van der Waals surface area contributed by atoms with Crippen molar-refractivity contribution in [3.8, 4) is 0 Å². The summed E-state index contributed by atoms with van der Waals surface area (Å²) in [6.45, 7) is 14.8. The molecule has 0 aromatic heterocycles. The third-order valence-electron chi connectivity index (χ3n) is 3.09. The van der Waals surface area contributed by atoms with Crippen LogP contribution in [0, 0.1) is 5.92 Å². The second-order valence-corrected chi connectivity index (χ2v) is 6.14. The molecule has 0 saturated carbocycles. The number of nitrogens with one attached hydrogen (secondary N) is 3. The molecule has 0 heterocycles. The van der Waals surface area contributed by atoms with Crippen molar-refractivity contribution in [2.75, 3.05) is 65.8 Å². The number of ether oxygens (including phenoxy) is 3. The van der Waals surface area contributed by atoms with E-state index in [0.29, 0.717) is 52.2 Å². The SMILES string of the molecule is CC(C)NCCNCCOCCOCCOCCNC(=O)C(C)C. The van der Waals surface area contributed by atoms with Gasteiger partial charge in [-0.25, -0.2) is 0 Å². The molecular formula is C17H37N3O4. The summed E-state index contributed by atoms with van der Waals surface area (Å²) in [6, 6.07) is 0.531. The van der Waals surface area contributed by atoms with Crippen molar-refractivity contribution < 1.29 is 19.0 Å².